The summed E-state index contributed by atoms with van der Waals surface area (Å²) in [6, 6.07) is 2.03. The topological polar surface area (TPSA) is 85.2 Å². The van der Waals surface area contributed by atoms with Crippen LogP contribution in [0.2, 0.25) is 0 Å². The van der Waals surface area contributed by atoms with E-state index in [1.165, 1.54) is 0 Å². The summed E-state index contributed by atoms with van der Waals surface area (Å²) >= 11 is 0. The highest BCUT2D eigenvalue weighted by molar-refractivity contribution is 5.94. The maximum Gasteiger partial charge on any atom is 0.269 e. The molecule has 8 heteroatoms. The predicted molar refractivity (Wildman–Crippen MR) is 96.1 cm³/mol. The van der Waals surface area contributed by atoms with E-state index >= 15 is 0 Å². The molecular formula is C18H24N6O2. The number of nitrogens with zero attached hydrogens (tertiary/aromatic N) is 5. The molecule has 2 atom stereocenters. The van der Waals surface area contributed by atoms with Gasteiger partial charge >= 0.3 is 0 Å². The van der Waals surface area contributed by atoms with Gasteiger partial charge in [0.05, 0.1) is 17.8 Å². The second kappa shape index (κ2) is 7.03. The second-order valence-electron chi connectivity index (χ2n) is 6.93. The average Bonchev–Trinajstić information content (AvgIpc) is 3.34. The molecule has 1 N–H and O–H groups in total. The van der Waals surface area contributed by atoms with Gasteiger partial charge in [-0.05, 0) is 31.7 Å². The van der Waals surface area contributed by atoms with Gasteiger partial charge in [-0.15, -0.1) is 0 Å². The van der Waals surface area contributed by atoms with Crippen molar-refractivity contribution in [2.45, 2.75) is 37.8 Å². The zero-order valence-electron chi connectivity index (χ0n) is 15.2. The van der Waals surface area contributed by atoms with Crippen molar-refractivity contribution in [1.29, 1.82) is 0 Å². The standard InChI is InChI=1S/C18H24N6O2/c1-23-17(14-4-3-5-15(14)22-23)18(25)20-9-12-8-13(26-2)10-24(12)16-6-7-19-11-21-16/h6-7,11-13H,3-5,8-10H2,1-2H3,(H,20,25)/t12-,13-/m0/s1. The molecule has 2 aromatic heterocycles. The summed E-state index contributed by atoms with van der Waals surface area (Å²) < 4.78 is 7.26. The third kappa shape index (κ3) is 3.05. The molecule has 0 saturated carbocycles. The van der Waals surface area contributed by atoms with Crippen LogP contribution in [0.3, 0.4) is 0 Å². The fourth-order valence-electron chi connectivity index (χ4n) is 4.07. The number of aromatic nitrogens is 4. The van der Waals surface area contributed by atoms with Crippen LogP contribution < -0.4 is 10.2 Å². The minimum Gasteiger partial charge on any atom is -0.380 e. The van der Waals surface area contributed by atoms with Crippen LogP contribution in [0.4, 0.5) is 5.82 Å². The van der Waals surface area contributed by atoms with Gasteiger partial charge in [0, 0.05) is 39.0 Å². The van der Waals surface area contributed by atoms with Crippen molar-refractivity contribution >= 4 is 11.7 Å². The fourth-order valence-corrected chi connectivity index (χ4v) is 4.07. The molecule has 26 heavy (non-hydrogen) atoms. The van der Waals surface area contributed by atoms with Crippen LogP contribution >= 0.6 is 0 Å². The summed E-state index contributed by atoms with van der Waals surface area (Å²) in [5.41, 5.74) is 2.88. The van der Waals surface area contributed by atoms with E-state index in [2.05, 4.69) is 25.3 Å². The number of methoxy groups -OCH3 is 1. The highest BCUT2D eigenvalue weighted by atomic mass is 16.5. The minimum atomic E-state index is -0.0494. The number of hydrogen-bond donors (Lipinski definition) is 1. The smallest absolute Gasteiger partial charge is 0.269 e. The van der Waals surface area contributed by atoms with Crippen LogP contribution in [0, 0.1) is 0 Å². The molecule has 0 unspecified atom stereocenters. The predicted octanol–water partition coefficient (Wildman–Crippen LogP) is 0.722. The molecule has 0 spiro atoms. The SMILES string of the molecule is CO[C@H]1C[C@@H](CNC(=O)c2c3c(nn2C)CCC3)N(c2ccncn2)C1. The Hall–Kier alpha value is -2.48. The molecule has 2 aliphatic rings. The van der Waals surface area contributed by atoms with Crippen LogP contribution in [-0.4, -0.2) is 58.0 Å². The Labute approximate surface area is 152 Å². The van der Waals surface area contributed by atoms with Gasteiger partial charge in [-0.25, -0.2) is 9.97 Å². The summed E-state index contributed by atoms with van der Waals surface area (Å²) in [4.78, 5) is 23.3. The van der Waals surface area contributed by atoms with Gasteiger partial charge in [0.15, 0.2) is 0 Å². The molecule has 1 aliphatic heterocycles. The van der Waals surface area contributed by atoms with Crippen molar-refractivity contribution in [1.82, 2.24) is 25.1 Å². The number of hydrogen-bond acceptors (Lipinski definition) is 6. The Morgan fingerprint density at radius 3 is 3.08 bits per heavy atom. The van der Waals surface area contributed by atoms with Gasteiger partial charge in [-0.3, -0.25) is 9.48 Å². The molecule has 0 aromatic carbocycles. The van der Waals surface area contributed by atoms with E-state index in [0.29, 0.717) is 12.2 Å². The van der Waals surface area contributed by atoms with Gasteiger partial charge in [-0.1, -0.05) is 0 Å². The monoisotopic (exact) mass is 356 g/mol. The van der Waals surface area contributed by atoms with Crippen LogP contribution in [0.25, 0.3) is 0 Å². The maximum atomic E-state index is 12.8. The van der Waals surface area contributed by atoms with E-state index in [4.69, 9.17) is 4.74 Å². The normalized spacial score (nSPS) is 21.8. The lowest BCUT2D eigenvalue weighted by atomic mass is 10.1. The summed E-state index contributed by atoms with van der Waals surface area (Å²) in [7, 11) is 3.57. The van der Waals surface area contributed by atoms with Crippen LogP contribution in [0.15, 0.2) is 18.6 Å². The van der Waals surface area contributed by atoms with Crippen molar-refractivity contribution in [3.63, 3.8) is 0 Å². The number of aryl methyl sites for hydroxylation is 2. The van der Waals surface area contributed by atoms with Crippen molar-refractivity contribution in [3.05, 3.63) is 35.5 Å². The first-order valence-corrected chi connectivity index (χ1v) is 9.05. The third-order valence-corrected chi connectivity index (χ3v) is 5.35. The summed E-state index contributed by atoms with van der Waals surface area (Å²) in [5, 5.41) is 7.59. The molecule has 2 aromatic rings. The maximum absolute atomic E-state index is 12.8. The fraction of sp³-hybridized carbons (Fsp3) is 0.556. The minimum absolute atomic E-state index is 0.0494. The lowest BCUT2D eigenvalue weighted by molar-refractivity contribution is 0.0936. The second-order valence-corrected chi connectivity index (χ2v) is 6.93. The summed E-state index contributed by atoms with van der Waals surface area (Å²) in [6.07, 6.45) is 7.25. The third-order valence-electron chi connectivity index (χ3n) is 5.35. The van der Waals surface area contributed by atoms with E-state index in [1.54, 1.807) is 24.3 Å². The number of carbonyl (C=O) groups excluding carboxylic acids is 1. The number of anilines is 1. The van der Waals surface area contributed by atoms with Gasteiger partial charge in [-0.2, -0.15) is 5.10 Å². The quantitative estimate of drug-likeness (QED) is 0.850. The van der Waals surface area contributed by atoms with E-state index in [0.717, 1.165) is 49.3 Å². The molecule has 0 radical (unpaired) electrons. The average molecular weight is 356 g/mol. The first-order valence-electron chi connectivity index (χ1n) is 9.05. The Balaban J connectivity index is 1.47. The molecule has 4 rings (SSSR count). The van der Waals surface area contributed by atoms with Gasteiger partial charge in [0.2, 0.25) is 0 Å². The number of rotatable bonds is 5. The number of fused-ring (bicyclic) bond motifs is 1. The van der Waals surface area contributed by atoms with Crippen molar-refractivity contribution < 1.29 is 9.53 Å². The Kier molecular flexibility index (Phi) is 4.58. The van der Waals surface area contributed by atoms with Crippen molar-refractivity contribution in [2.75, 3.05) is 25.1 Å². The molecule has 3 heterocycles. The van der Waals surface area contributed by atoms with E-state index in [-0.39, 0.29) is 18.1 Å². The number of nitrogens with one attached hydrogen (secondary N) is 1. The molecule has 1 aliphatic carbocycles. The van der Waals surface area contributed by atoms with E-state index in [1.807, 2.05) is 13.1 Å². The number of ether oxygens (including phenoxy) is 1. The van der Waals surface area contributed by atoms with Gasteiger partial charge in [0.25, 0.3) is 5.91 Å². The largest absolute Gasteiger partial charge is 0.380 e. The number of carbonyl (C=O) groups is 1. The van der Waals surface area contributed by atoms with Crippen LogP contribution in [0.5, 0.6) is 0 Å². The van der Waals surface area contributed by atoms with E-state index in [9.17, 15) is 4.79 Å². The number of amides is 1. The summed E-state index contributed by atoms with van der Waals surface area (Å²) in [6.45, 7) is 1.30. The summed E-state index contributed by atoms with van der Waals surface area (Å²) in [5.74, 6) is 0.812. The highest BCUT2D eigenvalue weighted by Crippen LogP contribution is 2.26. The van der Waals surface area contributed by atoms with Crippen molar-refractivity contribution in [3.8, 4) is 0 Å². The van der Waals surface area contributed by atoms with Gasteiger partial charge < -0.3 is 15.0 Å². The molecule has 0 bridgehead atoms. The Morgan fingerprint density at radius 1 is 1.42 bits per heavy atom. The molecular weight excluding hydrogens is 332 g/mol. The molecule has 1 amide bonds. The van der Waals surface area contributed by atoms with Crippen LogP contribution in [0.1, 0.15) is 34.6 Å². The highest BCUT2D eigenvalue weighted by Gasteiger charge is 2.34. The van der Waals surface area contributed by atoms with Crippen LogP contribution in [-0.2, 0) is 24.6 Å². The lowest BCUT2D eigenvalue weighted by Crippen LogP contribution is -2.41. The zero-order valence-corrected chi connectivity index (χ0v) is 15.2. The zero-order chi connectivity index (χ0) is 18.1. The Morgan fingerprint density at radius 2 is 2.31 bits per heavy atom. The molecule has 138 valence electrons. The lowest BCUT2D eigenvalue weighted by Gasteiger charge is -2.25. The Bertz CT molecular complexity index is 790. The van der Waals surface area contributed by atoms with Crippen molar-refractivity contribution in [2.24, 2.45) is 7.05 Å². The first-order chi connectivity index (χ1) is 12.7. The first kappa shape index (κ1) is 17.0. The molecule has 1 fully saturated rings. The molecule has 1 saturated heterocycles. The molecule has 8 nitrogen and oxygen atoms in total. The van der Waals surface area contributed by atoms with E-state index < -0.39 is 0 Å². The van der Waals surface area contributed by atoms with Gasteiger partial charge in [0.1, 0.15) is 17.8 Å².